The minimum absolute atomic E-state index is 0.270. The van der Waals surface area contributed by atoms with Crippen molar-refractivity contribution >= 4 is 17.3 Å². The molecule has 3 heterocycles. The SMILES string of the molecule is N#Cc1cnn2c(NCc3ccc(-c4ccccc4)cc3F)cc(N[C@H]3CCNC3)nc12. The standard InChI is InChI=1S/C24H22FN7/c25-21-10-17(16-4-2-1-3-5-16)6-7-18(21)13-28-23-11-22(30-20-8-9-27-15-20)31-24-19(12-26)14-29-32(23)24/h1-7,10-11,14,20,27-28H,8-9,13,15H2,(H,30,31)/t20-/m0/s1. The molecule has 0 aliphatic carbocycles. The molecule has 1 atom stereocenters. The zero-order valence-corrected chi connectivity index (χ0v) is 17.3. The van der Waals surface area contributed by atoms with Crippen LogP contribution in [0.1, 0.15) is 17.5 Å². The number of rotatable bonds is 6. The minimum Gasteiger partial charge on any atom is -0.366 e. The first kappa shape index (κ1) is 20.0. The topological polar surface area (TPSA) is 90.1 Å². The molecule has 0 radical (unpaired) electrons. The van der Waals surface area contributed by atoms with Crippen LogP contribution in [0.2, 0.25) is 0 Å². The van der Waals surface area contributed by atoms with E-state index < -0.39 is 0 Å². The van der Waals surface area contributed by atoms with Crippen LogP contribution in [0.15, 0.2) is 60.8 Å². The first-order valence-corrected chi connectivity index (χ1v) is 10.5. The van der Waals surface area contributed by atoms with Gasteiger partial charge in [-0.25, -0.2) is 9.37 Å². The Morgan fingerprint density at radius 2 is 2.03 bits per heavy atom. The summed E-state index contributed by atoms with van der Waals surface area (Å²) >= 11 is 0. The maximum atomic E-state index is 14.8. The van der Waals surface area contributed by atoms with Crippen molar-refractivity contribution in [2.24, 2.45) is 0 Å². The number of nitrogens with one attached hydrogen (secondary N) is 3. The molecule has 5 rings (SSSR count). The van der Waals surface area contributed by atoms with Crippen LogP contribution in [0.4, 0.5) is 16.0 Å². The highest BCUT2D eigenvalue weighted by atomic mass is 19.1. The van der Waals surface area contributed by atoms with E-state index in [1.165, 1.54) is 6.20 Å². The third-order valence-electron chi connectivity index (χ3n) is 5.62. The number of fused-ring (bicyclic) bond motifs is 1. The average Bonchev–Trinajstić information content (AvgIpc) is 3.48. The molecule has 0 saturated carbocycles. The minimum atomic E-state index is -0.280. The fourth-order valence-corrected chi connectivity index (χ4v) is 3.92. The van der Waals surface area contributed by atoms with Gasteiger partial charge in [0.15, 0.2) is 5.65 Å². The molecule has 0 spiro atoms. The van der Waals surface area contributed by atoms with E-state index in [9.17, 15) is 9.65 Å². The van der Waals surface area contributed by atoms with E-state index in [4.69, 9.17) is 0 Å². The Bertz CT molecular complexity index is 1290. The first-order valence-electron chi connectivity index (χ1n) is 10.5. The molecule has 0 amide bonds. The lowest BCUT2D eigenvalue weighted by atomic mass is 10.0. The average molecular weight is 427 g/mol. The van der Waals surface area contributed by atoms with Crippen molar-refractivity contribution in [2.75, 3.05) is 23.7 Å². The van der Waals surface area contributed by atoms with E-state index in [1.54, 1.807) is 16.6 Å². The molecule has 2 aromatic carbocycles. The summed E-state index contributed by atoms with van der Waals surface area (Å²) in [6, 6.07) is 19.2. The van der Waals surface area contributed by atoms with Gasteiger partial charge in [0, 0.05) is 30.8 Å². The second-order valence-electron chi connectivity index (χ2n) is 7.79. The lowest BCUT2D eigenvalue weighted by Gasteiger charge is -2.15. The van der Waals surface area contributed by atoms with E-state index in [-0.39, 0.29) is 18.4 Å². The zero-order chi connectivity index (χ0) is 21.9. The maximum Gasteiger partial charge on any atom is 0.177 e. The highest BCUT2D eigenvalue weighted by molar-refractivity contribution is 5.65. The summed E-state index contributed by atoms with van der Waals surface area (Å²) in [6.07, 6.45) is 2.49. The second-order valence-corrected chi connectivity index (χ2v) is 7.79. The number of nitriles is 1. The van der Waals surface area contributed by atoms with Gasteiger partial charge >= 0.3 is 0 Å². The van der Waals surface area contributed by atoms with E-state index in [0.29, 0.717) is 28.4 Å². The van der Waals surface area contributed by atoms with Gasteiger partial charge in [-0.1, -0.05) is 42.5 Å². The van der Waals surface area contributed by atoms with E-state index in [0.717, 1.165) is 30.6 Å². The van der Waals surface area contributed by atoms with Crippen molar-refractivity contribution in [1.29, 1.82) is 5.26 Å². The van der Waals surface area contributed by atoms with E-state index in [1.807, 2.05) is 42.5 Å². The van der Waals surface area contributed by atoms with Crippen molar-refractivity contribution in [1.82, 2.24) is 19.9 Å². The Morgan fingerprint density at radius 1 is 1.16 bits per heavy atom. The Morgan fingerprint density at radius 3 is 2.78 bits per heavy atom. The third-order valence-corrected chi connectivity index (χ3v) is 5.62. The van der Waals surface area contributed by atoms with Crippen molar-refractivity contribution in [2.45, 2.75) is 19.0 Å². The Hall–Kier alpha value is -3.96. The predicted octanol–water partition coefficient (Wildman–Crippen LogP) is 3.79. The van der Waals surface area contributed by atoms with Crippen molar-refractivity contribution in [3.63, 3.8) is 0 Å². The van der Waals surface area contributed by atoms with Crippen LogP contribution in [-0.2, 0) is 6.54 Å². The summed E-state index contributed by atoms with van der Waals surface area (Å²) < 4.78 is 16.4. The molecule has 7 nitrogen and oxygen atoms in total. The molecular weight excluding hydrogens is 405 g/mol. The lowest BCUT2D eigenvalue weighted by molar-refractivity contribution is 0.613. The monoisotopic (exact) mass is 427 g/mol. The van der Waals surface area contributed by atoms with Gasteiger partial charge in [0.05, 0.1) is 6.20 Å². The molecule has 8 heteroatoms. The van der Waals surface area contributed by atoms with Crippen LogP contribution < -0.4 is 16.0 Å². The normalized spacial score (nSPS) is 15.6. The molecule has 1 saturated heterocycles. The van der Waals surface area contributed by atoms with Crippen molar-refractivity contribution < 1.29 is 4.39 Å². The van der Waals surface area contributed by atoms with E-state index >= 15 is 0 Å². The summed E-state index contributed by atoms with van der Waals surface area (Å²) in [5, 5.41) is 23.7. The van der Waals surface area contributed by atoms with Crippen LogP contribution in [-0.4, -0.2) is 33.7 Å². The van der Waals surface area contributed by atoms with Crippen molar-refractivity contribution in [3.8, 4) is 17.2 Å². The number of nitrogens with zero attached hydrogens (tertiary/aromatic N) is 4. The summed E-state index contributed by atoms with van der Waals surface area (Å²) in [7, 11) is 0. The van der Waals surface area contributed by atoms with Crippen LogP contribution in [0.3, 0.4) is 0 Å². The van der Waals surface area contributed by atoms with Crippen LogP contribution in [0.5, 0.6) is 0 Å². The molecular formula is C24H22FN7. The molecule has 4 aromatic rings. The smallest absolute Gasteiger partial charge is 0.177 e. The number of benzene rings is 2. The molecule has 1 fully saturated rings. The molecule has 1 aliphatic rings. The van der Waals surface area contributed by atoms with Crippen LogP contribution in [0, 0.1) is 17.1 Å². The Kier molecular flexibility index (Phi) is 5.40. The van der Waals surface area contributed by atoms with Gasteiger partial charge in [0.25, 0.3) is 0 Å². The number of anilines is 2. The van der Waals surface area contributed by atoms with Crippen molar-refractivity contribution in [3.05, 3.63) is 77.7 Å². The summed E-state index contributed by atoms with van der Waals surface area (Å²) in [5.74, 6) is 1.01. The highest BCUT2D eigenvalue weighted by Gasteiger charge is 2.17. The number of hydrogen-bond acceptors (Lipinski definition) is 6. The first-order chi connectivity index (χ1) is 15.7. The molecule has 1 aliphatic heterocycles. The van der Waals surface area contributed by atoms with Gasteiger partial charge in [-0.15, -0.1) is 0 Å². The molecule has 3 N–H and O–H groups in total. The molecule has 2 aromatic heterocycles. The van der Waals surface area contributed by atoms with Gasteiger partial charge < -0.3 is 16.0 Å². The fourth-order valence-electron chi connectivity index (χ4n) is 3.92. The van der Waals surface area contributed by atoms with Gasteiger partial charge in [-0.3, -0.25) is 0 Å². The Labute approximate surface area is 184 Å². The predicted molar refractivity (Wildman–Crippen MR) is 122 cm³/mol. The number of halogens is 1. The quantitative estimate of drug-likeness (QED) is 0.434. The molecule has 0 unspecified atom stereocenters. The molecule has 160 valence electrons. The van der Waals surface area contributed by atoms with Crippen LogP contribution >= 0.6 is 0 Å². The van der Waals surface area contributed by atoms with E-state index in [2.05, 4.69) is 32.1 Å². The second kappa shape index (κ2) is 8.65. The summed E-state index contributed by atoms with van der Waals surface area (Å²) in [6.45, 7) is 2.09. The zero-order valence-electron chi connectivity index (χ0n) is 17.3. The van der Waals surface area contributed by atoms with Gasteiger partial charge in [0.2, 0.25) is 0 Å². The summed E-state index contributed by atoms with van der Waals surface area (Å²) in [4.78, 5) is 4.57. The largest absolute Gasteiger partial charge is 0.366 e. The summed E-state index contributed by atoms with van der Waals surface area (Å²) in [5.41, 5.74) is 3.20. The van der Waals surface area contributed by atoms with Crippen LogP contribution in [0.25, 0.3) is 16.8 Å². The highest BCUT2D eigenvalue weighted by Crippen LogP contribution is 2.24. The lowest BCUT2D eigenvalue weighted by Crippen LogP contribution is -2.23. The fraction of sp³-hybridized carbons (Fsp3) is 0.208. The Balaban J connectivity index is 1.41. The number of aromatic nitrogens is 3. The van der Waals surface area contributed by atoms with Gasteiger partial charge in [0.1, 0.15) is 29.1 Å². The molecule has 32 heavy (non-hydrogen) atoms. The maximum absolute atomic E-state index is 14.8. The number of hydrogen-bond donors (Lipinski definition) is 3. The van der Waals surface area contributed by atoms with Gasteiger partial charge in [-0.2, -0.15) is 14.9 Å². The third kappa shape index (κ3) is 3.98. The van der Waals surface area contributed by atoms with Gasteiger partial charge in [-0.05, 0) is 30.2 Å². The molecule has 0 bridgehead atoms.